The van der Waals surface area contributed by atoms with Gasteiger partial charge in [0.05, 0.1) is 10.6 Å². The quantitative estimate of drug-likeness (QED) is 0.810. The van der Waals surface area contributed by atoms with Gasteiger partial charge in [-0.25, -0.2) is 0 Å². The van der Waals surface area contributed by atoms with Crippen LogP contribution in [0, 0.1) is 0 Å². The Labute approximate surface area is 134 Å². The lowest BCUT2D eigenvalue weighted by atomic mass is 10.1. The number of hydrogen-bond donors (Lipinski definition) is 3. The summed E-state index contributed by atoms with van der Waals surface area (Å²) in [4.78, 5) is 27.0. The molecular weight excluding hydrogens is 302 g/mol. The number of anilines is 1. The first-order valence-corrected chi connectivity index (χ1v) is 7.21. The highest BCUT2D eigenvalue weighted by molar-refractivity contribution is 6.34. The SMILES string of the molecule is CC(C)(C)NC(=O)c1ccc(NC(=O)c2ccccc2Cl)[nH]1. The summed E-state index contributed by atoms with van der Waals surface area (Å²) >= 11 is 5.98. The van der Waals surface area contributed by atoms with Crippen molar-refractivity contribution < 1.29 is 9.59 Å². The van der Waals surface area contributed by atoms with Gasteiger partial charge in [0.1, 0.15) is 11.5 Å². The summed E-state index contributed by atoms with van der Waals surface area (Å²) in [7, 11) is 0. The van der Waals surface area contributed by atoms with Gasteiger partial charge in [0.2, 0.25) is 0 Å². The number of H-pyrrole nitrogens is 1. The third-order valence-electron chi connectivity index (χ3n) is 2.79. The number of carbonyl (C=O) groups is 2. The Bertz CT molecular complexity index is 701. The molecule has 0 aliphatic heterocycles. The van der Waals surface area contributed by atoms with Crippen molar-refractivity contribution in [2.24, 2.45) is 0 Å². The van der Waals surface area contributed by atoms with Crippen LogP contribution in [0.5, 0.6) is 0 Å². The van der Waals surface area contributed by atoms with Crippen molar-refractivity contribution in [2.45, 2.75) is 26.3 Å². The van der Waals surface area contributed by atoms with E-state index < -0.39 is 0 Å². The molecule has 0 bridgehead atoms. The van der Waals surface area contributed by atoms with Crippen LogP contribution in [0.2, 0.25) is 5.02 Å². The lowest BCUT2D eigenvalue weighted by Gasteiger charge is -2.19. The van der Waals surface area contributed by atoms with Gasteiger partial charge < -0.3 is 15.6 Å². The molecule has 0 aliphatic rings. The third-order valence-corrected chi connectivity index (χ3v) is 3.12. The number of rotatable bonds is 3. The molecule has 0 atom stereocenters. The second-order valence-corrected chi connectivity index (χ2v) is 6.33. The van der Waals surface area contributed by atoms with Crippen molar-refractivity contribution in [3.05, 3.63) is 52.7 Å². The van der Waals surface area contributed by atoms with Gasteiger partial charge in [0.15, 0.2) is 0 Å². The Hall–Kier alpha value is -2.27. The van der Waals surface area contributed by atoms with Gasteiger partial charge >= 0.3 is 0 Å². The Morgan fingerprint density at radius 1 is 1.05 bits per heavy atom. The maximum absolute atomic E-state index is 12.1. The summed E-state index contributed by atoms with van der Waals surface area (Å²) in [5, 5.41) is 5.89. The zero-order valence-corrected chi connectivity index (χ0v) is 13.4. The lowest BCUT2D eigenvalue weighted by Crippen LogP contribution is -2.40. The topological polar surface area (TPSA) is 74.0 Å². The van der Waals surface area contributed by atoms with E-state index in [4.69, 9.17) is 11.6 Å². The second kappa shape index (κ2) is 6.23. The molecule has 116 valence electrons. The smallest absolute Gasteiger partial charge is 0.268 e. The molecule has 1 aromatic heterocycles. The van der Waals surface area contributed by atoms with Crippen LogP contribution < -0.4 is 10.6 Å². The van der Waals surface area contributed by atoms with Crippen LogP contribution in [0.3, 0.4) is 0 Å². The first kappa shape index (κ1) is 16.1. The molecule has 2 amide bonds. The Kier molecular flexibility index (Phi) is 4.56. The van der Waals surface area contributed by atoms with Gasteiger partial charge in [0, 0.05) is 5.54 Å². The average molecular weight is 320 g/mol. The molecule has 2 rings (SSSR count). The fourth-order valence-electron chi connectivity index (χ4n) is 1.84. The highest BCUT2D eigenvalue weighted by Gasteiger charge is 2.17. The summed E-state index contributed by atoms with van der Waals surface area (Å²) in [6, 6.07) is 10.0. The van der Waals surface area contributed by atoms with Crippen molar-refractivity contribution in [3.63, 3.8) is 0 Å². The summed E-state index contributed by atoms with van der Waals surface area (Å²) in [5.74, 6) is -0.134. The summed E-state index contributed by atoms with van der Waals surface area (Å²) in [6.07, 6.45) is 0. The van der Waals surface area contributed by atoms with Crippen molar-refractivity contribution >= 4 is 29.2 Å². The molecule has 6 heteroatoms. The minimum atomic E-state index is -0.338. The minimum absolute atomic E-state index is 0.231. The van der Waals surface area contributed by atoms with Crippen LogP contribution in [-0.2, 0) is 0 Å². The standard InChI is InChI=1S/C16H18ClN3O2/c1-16(2,3)20-15(22)12-8-9-13(18-12)19-14(21)10-6-4-5-7-11(10)17/h4-9,18H,1-3H3,(H,19,21)(H,20,22). The second-order valence-electron chi connectivity index (χ2n) is 5.92. The molecule has 0 radical (unpaired) electrons. The molecule has 0 saturated heterocycles. The van der Waals surface area contributed by atoms with Gasteiger partial charge in [-0.3, -0.25) is 9.59 Å². The third kappa shape index (κ3) is 4.11. The van der Waals surface area contributed by atoms with Crippen LogP contribution in [-0.4, -0.2) is 22.3 Å². The molecule has 2 aromatic rings. The van der Waals surface area contributed by atoms with E-state index in [1.165, 1.54) is 0 Å². The van der Waals surface area contributed by atoms with Crippen molar-refractivity contribution in [3.8, 4) is 0 Å². The normalized spacial score (nSPS) is 11.1. The Morgan fingerprint density at radius 3 is 2.36 bits per heavy atom. The van der Waals surface area contributed by atoms with Gasteiger partial charge in [-0.2, -0.15) is 0 Å². The lowest BCUT2D eigenvalue weighted by molar-refractivity contribution is 0.0914. The first-order valence-electron chi connectivity index (χ1n) is 6.84. The van der Waals surface area contributed by atoms with Gasteiger partial charge in [-0.15, -0.1) is 0 Å². The molecule has 0 spiro atoms. The molecule has 0 unspecified atom stereocenters. The summed E-state index contributed by atoms with van der Waals surface area (Å²) in [6.45, 7) is 5.69. The van der Waals surface area contributed by atoms with E-state index in [1.54, 1.807) is 36.4 Å². The molecule has 3 N–H and O–H groups in total. The highest BCUT2D eigenvalue weighted by atomic mass is 35.5. The van der Waals surface area contributed by atoms with Crippen molar-refractivity contribution in [1.82, 2.24) is 10.3 Å². The van der Waals surface area contributed by atoms with Crippen LogP contribution in [0.15, 0.2) is 36.4 Å². The highest BCUT2D eigenvalue weighted by Crippen LogP contribution is 2.17. The van der Waals surface area contributed by atoms with E-state index in [0.717, 1.165) is 0 Å². The zero-order valence-electron chi connectivity index (χ0n) is 12.7. The van der Waals surface area contributed by atoms with E-state index in [9.17, 15) is 9.59 Å². The molecule has 1 aromatic carbocycles. The number of halogens is 1. The predicted octanol–water partition coefficient (Wildman–Crippen LogP) is 3.45. The van der Waals surface area contributed by atoms with E-state index in [0.29, 0.717) is 22.1 Å². The molecular formula is C16H18ClN3O2. The maximum Gasteiger partial charge on any atom is 0.268 e. The zero-order chi connectivity index (χ0) is 16.3. The number of carbonyl (C=O) groups excluding carboxylic acids is 2. The van der Waals surface area contributed by atoms with Gasteiger partial charge in [-0.05, 0) is 45.0 Å². The molecule has 22 heavy (non-hydrogen) atoms. The largest absolute Gasteiger partial charge is 0.346 e. The number of amides is 2. The number of aromatic amines is 1. The van der Waals surface area contributed by atoms with Crippen molar-refractivity contribution in [2.75, 3.05) is 5.32 Å². The fourth-order valence-corrected chi connectivity index (χ4v) is 2.06. The van der Waals surface area contributed by atoms with Gasteiger partial charge in [0.25, 0.3) is 11.8 Å². The summed E-state index contributed by atoms with van der Waals surface area (Å²) < 4.78 is 0. The summed E-state index contributed by atoms with van der Waals surface area (Å²) in [5.41, 5.74) is 0.423. The molecule has 0 aliphatic carbocycles. The monoisotopic (exact) mass is 319 g/mol. The maximum atomic E-state index is 12.1. The average Bonchev–Trinajstić information content (AvgIpc) is 2.85. The van der Waals surface area contributed by atoms with E-state index in [-0.39, 0.29) is 17.4 Å². The van der Waals surface area contributed by atoms with E-state index >= 15 is 0 Å². The number of hydrogen-bond acceptors (Lipinski definition) is 2. The number of aromatic nitrogens is 1. The Morgan fingerprint density at radius 2 is 1.73 bits per heavy atom. The van der Waals surface area contributed by atoms with E-state index in [1.807, 2.05) is 20.8 Å². The van der Waals surface area contributed by atoms with Gasteiger partial charge in [-0.1, -0.05) is 23.7 Å². The fraction of sp³-hybridized carbons (Fsp3) is 0.250. The molecule has 0 saturated carbocycles. The van der Waals surface area contributed by atoms with Crippen LogP contribution >= 0.6 is 11.6 Å². The first-order chi connectivity index (χ1) is 10.3. The number of benzene rings is 1. The number of nitrogens with one attached hydrogen (secondary N) is 3. The molecule has 0 fully saturated rings. The minimum Gasteiger partial charge on any atom is -0.346 e. The predicted molar refractivity (Wildman–Crippen MR) is 87.4 cm³/mol. The van der Waals surface area contributed by atoms with Crippen LogP contribution in [0.1, 0.15) is 41.6 Å². The van der Waals surface area contributed by atoms with E-state index in [2.05, 4.69) is 15.6 Å². The molecule has 5 nitrogen and oxygen atoms in total. The van der Waals surface area contributed by atoms with Crippen molar-refractivity contribution in [1.29, 1.82) is 0 Å². The van der Waals surface area contributed by atoms with Crippen LogP contribution in [0.4, 0.5) is 5.82 Å². The van der Waals surface area contributed by atoms with Crippen LogP contribution in [0.25, 0.3) is 0 Å². The molecule has 1 heterocycles. The Balaban J connectivity index is 2.08.